The molecule has 0 fully saturated rings. The quantitative estimate of drug-likeness (QED) is 0.804. The highest BCUT2D eigenvalue weighted by Crippen LogP contribution is 2.40. The topological polar surface area (TPSA) is 21.3 Å². The first kappa shape index (κ1) is 15.9. The van der Waals surface area contributed by atoms with E-state index in [0.717, 1.165) is 21.0 Å². The van der Waals surface area contributed by atoms with Crippen LogP contribution in [0.25, 0.3) is 0 Å². The maximum atomic E-state index is 6.35. The number of benzene rings is 1. The van der Waals surface area contributed by atoms with Gasteiger partial charge < -0.3 is 10.1 Å². The van der Waals surface area contributed by atoms with E-state index in [2.05, 4.69) is 5.32 Å². The van der Waals surface area contributed by atoms with Gasteiger partial charge in [0, 0.05) is 16.0 Å². The van der Waals surface area contributed by atoms with Gasteiger partial charge in [-0.2, -0.15) is 0 Å². The first-order valence-electron chi connectivity index (χ1n) is 5.93. The zero-order valence-corrected chi connectivity index (χ0v) is 14.3. The lowest BCUT2D eigenvalue weighted by molar-refractivity contribution is 0.415. The van der Waals surface area contributed by atoms with Crippen molar-refractivity contribution in [2.24, 2.45) is 0 Å². The van der Waals surface area contributed by atoms with Gasteiger partial charge in [-0.3, -0.25) is 0 Å². The summed E-state index contributed by atoms with van der Waals surface area (Å²) < 4.78 is 5.17. The molecule has 0 aliphatic heterocycles. The van der Waals surface area contributed by atoms with E-state index < -0.39 is 0 Å². The van der Waals surface area contributed by atoms with E-state index in [1.54, 1.807) is 24.5 Å². The molecule has 0 spiro atoms. The van der Waals surface area contributed by atoms with Gasteiger partial charge >= 0.3 is 0 Å². The van der Waals surface area contributed by atoms with Crippen LogP contribution >= 0.6 is 46.1 Å². The summed E-state index contributed by atoms with van der Waals surface area (Å²) in [6, 6.07) is 3.44. The monoisotopic (exact) mass is 349 g/mol. The van der Waals surface area contributed by atoms with Crippen molar-refractivity contribution in [3.05, 3.63) is 48.6 Å². The van der Waals surface area contributed by atoms with Crippen molar-refractivity contribution in [3.63, 3.8) is 0 Å². The molecule has 20 heavy (non-hydrogen) atoms. The lowest BCUT2D eigenvalue weighted by atomic mass is 10.0. The molecule has 2 rings (SSSR count). The van der Waals surface area contributed by atoms with E-state index in [0.29, 0.717) is 15.8 Å². The van der Waals surface area contributed by atoms with Crippen LogP contribution in [0.3, 0.4) is 0 Å². The number of hydrogen-bond acceptors (Lipinski definition) is 3. The summed E-state index contributed by atoms with van der Waals surface area (Å²) in [7, 11) is 3.43. The molecule has 1 heterocycles. The van der Waals surface area contributed by atoms with Gasteiger partial charge in [-0.25, -0.2) is 0 Å². The molecule has 0 aliphatic carbocycles. The summed E-state index contributed by atoms with van der Waals surface area (Å²) in [5.74, 6) is 0.559. The molecular weight excluding hydrogens is 337 g/mol. The van der Waals surface area contributed by atoms with E-state index in [1.165, 1.54) is 0 Å². The average Bonchev–Trinajstić information content (AvgIpc) is 2.75. The van der Waals surface area contributed by atoms with Crippen LogP contribution in [-0.4, -0.2) is 14.2 Å². The molecule has 1 unspecified atom stereocenters. The van der Waals surface area contributed by atoms with Crippen molar-refractivity contribution in [2.75, 3.05) is 14.2 Å². The Balaban J connectivity index is 2.52. The number of nitrogens with one attached hydrogen (secondary N) is 1. The highest BCUT2D eigenvalue weighted by atomic mass is 35.5. The maximum Gasteiger partial charge on any atom is 0.138 e. The Hall–Kier alpha value is -0.450. The van der Waals surface area contributed by atoms with E-state index in [-0.39, 0.29) is 6.04 Å². The highest BCUT2D eigenvalue weighted by Gasteiger charge is 2.22. The summed E-state index contributed by atoms with van der Waals surface area (Å²) in [6.07, 6.45) is 0. The first-order valence-corrected chi connectivity index (χ1v) is 7.94. The molecule has 6 heteroatoms. The summed E-state index contributed by atoms with van der Waals surface area (Å²) in [5.41, 5.74) is 1.94. The second-order valence-corrected chi connectivity index (χ2v) is 6.43. The lowest BCUT2D eigenvalue weighted by Gasteiger charge is -2.19. The van der Waals surface area contributed by atoms with Gasteiger partial charge in [0.25, 0.3) is 0 Å². The van der Waals surface area contributed by atoms with Crippen molar-refractivity contribution >= 4 is 46.1 Å². The SMILES string of the molecule is CNC(c1cc(Cl)c(OC)cc1Cl)c1scc(C)c1Cl. The highest BCUT2D eigenvalue weighted by molar-refractivity contribution is 7.10. The zero-order valence-electron chi connectivity index (χ0n) is 11.3. The van der Waals surface area contributed by atoms with E-state index in [9.17, 15) is 0 Å². The van der Waals surface area contributed by atoms with Crippen LogP contribution in [-0.2, 0) is 0 Å². The normalized spacial score (nSPS) is 12.5. The number of rotatable bonds is 4. The molecule has 2 aromatic rings. The number of aryl methyl sites for hydroxylation is 1. The molecule has 1 N–H and O–H groups in total. The van der Waals surface area contributed by atoms with Crippen LogP contribution in [0.1, 0.15) is 22.0 Å². The molecule has 1 aromatic carbocycles. The largest absolute Gasteiger partial charge is 0.495 e. The fraction of sp³-hybridized carbons (Fsp3) is 0.286. The molecule has 0 bridgehead atoms. The van der Waals surface area contributed by atoms with Gasteiger partial charge in [-0.05, 0) is 36.5 Å². The average molecular weight is 351 g/mol. The van der Waals surface area contributed by atoms with Crippen molar-refractivity contribution < 1.29 is 4.74 Å². The molecule has 1 atom stereocenters. The van der Waals surface area contributed by atoms with E-state index >= 15 is 0 Å². The predicted molar refractivity (Wildman–Crippen MR) is 88.0 cm³/mol. The maximum absolute atomic E-state index is 6.35. The number of ether oxygens (including phenoxy) is 1. The van der Waals surface area contributed by atoms with Crippen molar-refractivity contribution in [3.8, 4) is 5.75 Å². The third-order valence-corrected chi connectivity index (χ3v) is 5.46. The fourth-order valence-electron chi connectivity index (χ4n) is 1.99. The molecule has 0 saturated heterocycles. The summed E-state index contributed by atoms with van der Waals surface area (Å²) >= 11 is 20.5. The van der Waals surface area contributed by atoms with Crippen molar-refractivity contribution in [1.29, 1.82) is 0 Å². The number of hydrogen-bond donors (Lipinski definition) is 1. The molecular formula is C14H14Cl3NOS. The van der Waals surface area contributed by atoms with Crippen LogP contribution in [0, 0.1) is 6.92 Å². The Morgan fingerprint density at radius 1 is 1.20 bits per heavy atom. The van der Waals surface area contributed by atoms with Crippen LogP contribution in [0.4, 0.5) is 0 Å². The second-order valence-electron chi connectivity index (χ2n) is 4.33. The third-order valence-electron chi connectivity index (χ3n) is 3.06. The number of halogens is 3. The number of thiophene rings is 1. The van der Waals surface area contributed by atoms with Crippen LogP contribution < -0.4 is 10.1 Å². The molecule has 0 aliphatic rings. The Labute approximate surface area is 137 Å². The van der Waals surface area contributed by atoms with Crippen LogP contribution in [0.5, 0.6) is 5.75 Å². The van der Waals surface area contributed by atoms with Gasteiger partial charge in [-0.1, -0.05) is 34.8 Å². The molecule has 108 valence electrons. The Bertz CT molecular complexity index is 627. The minimum absolute atomic E-state index is 0.0999. The molecule has 0 radical (unpaired) electrons. The van der Waals surface area contributed by atoms with Crippen LogP contribution in [0.2, 0.25) is 15.1 Å². The second kappa shape index (κ2) is 6.54. The van der Waals surface area contributed by atoms with Gasteiger partial charge in [0.15, 0.2) is 0 Å². The van der Waals surface area contributed by atoms with Gasteiger partial charge in [0.2, 0.25) is 0 Å². The number of methoxy groups -OCH3 is 1. The first-order chi connectivity index (χ1) is 9.49. The zero-order chi connectivity index (χ0) is 14.9. The van der Waals surface area contributed by atoms with E-state index in [4.69, 9.17) is 39.5 Å². The van der Waals surface area contributed by atoms with Crippen molar-refractivity contribution in [1.82, 2.24) is 5.32 Å². The van der Waals surface area contributed by atoms with E-state index in [1.807, 2.05) is 25.4 Å². The Kier molecular flexibility index (Phi) is 5.21. The Morgan fingerprint density at radius 3 is 2.40 bits per heavy atom. The minimum atomic E-state index is -0.0999. The summed E-state index contributed by atoms with van der Waals surface area (Å²) in [4.78, 5) is 1.02. The Morgan fingerprint density at radius 2 is 1.90 bits per heavy atom. The van der Waals surface area contributed by atoms with Gasteiger partial charge in [0.05, 0.1) is 23.2 Å². The summed E-state index contributed by atoms with van der Waals surface area (Å²) in [6.45, 7) is 1.98. The van der Waals surface area contributed by atoms with Gasteiger partial charge in [-0.15, -0.1) is 11.3 Å². The predicted octanol–water partition coefficient (Wildman–Crippen LogP) is 5.33. The van der Waals surface area contributed by atoms with Crippen molar-refractivity contribution in [2.45, 2.75) is 13.0 Å². The molecule has 0 amide bonds. The lowest BCUT2D eigenvalue weighted by Crippen LogP contribution is -2.17. The third kappa shape index (κ3) is 2.92. The van der Waals surface area contributed by atoms with Crippen LogP contribution in [0.15, 0.2) is 17.5 Å². The minimum Gasteiger partial charge on any atom is -0.495 e. The van der Waals surface area contributed by atoms with Gasteiger partial charge in [0.1, 0.15) is 5.75 Å². The molecule has 1 aromatic heterocycles. The summed E-state index contributed by atoms with van der Waals surface area (Å²) in [5, 5.41) is 7.14. The molecule has 2 nitrogen and oxygen atoms in total. The standard InChI is InChI=1S/C14H14Cl3NOS/c1-7-6-20-14(12(7)17)13(18-2)8-4-10(16)11(19-3)5-9(8)15/h4-6,13,18H,1-3H3. The fourth-order valence-corrected chi connectivity index (χ4v) is 3.93. The smallest absolute Gasteiger partial charge is 0.138 e. The molecule has 0 saturated carbocycles.